The van der Waals surface area contributed by atoms with Crippen molar-refractivity contribution in [1.82, 2.24) is 10.2 Å². The first kappa shape index (κ1) is 22.2. The van der Waals surface area contributed by atoms with Crippen molar-refractivity contribution in [2.24, 2.45) is 5.92 Å². The lowest BCUT2D eigenvalue weighted by molar-refractivity contribution is -0.140. The second-order valence-corrected chi connectivity index (χ2v) is 9.53. The van der Waals surface area contributed by atoms with Crippen molar-refractivity contribution >= 4 is 11.6 Å². The Hall–Kier alpha value is -1.99. The zero-order valence-electron chi connectivity index (χ0n) is 19.2. The Morgan fingerprint density at radius 1 is 1.13 bits per heavy atom. The highest BCUT2D eigenvalue weighted by Crippen LogP contribution is 2.41. The van der Waals surface area contributed by atoms with E-state index in [4.69, 9.17) is 14.2 Å². The molecular formula is C24H37N3O4. The number of methoxy groups -OCH3 is 1. The number of carbonyl (C=O) groups is 1. The van der Waals surface area contributed by atoms with Gasteiger partial charge in [-0.15, -0.1) is 0 Å². The quantitative estimate of drug-likeness (QED) is 0.716. The van der Waals surface area contributed by atoms with E-state index in [2.05, 4.69) is 21.2 Å². The summed E-state index contributed by atoms with van der Waals surface area (Å²) in [6.07, 6.45) is 5.80. The van der Waals surface area contributed by atoms with Gasteiger partial charge in [-0.25, -0.2) is 0 Å². The van der Waals surface area contributed by atoms with Crippen molar-refractivity contribution in [3.63, 3.8) is 0 Å². The van der Waals surface area contributed by atoms with E-state index in [9.17, 15) is 4.79 Å². The Kier molecular flexibility index (Phi) is 6.92. The molecule has 0 radical (unpaired) electrons. The average molecular weight is 432 g/mol. The molecule has 0 spiro atoms. The number of fused-ring (bicyclic) bond motifs is 1. The van der Waals surface area contributed by atoms with Gasteiger partial charge in [0.2, 0.25) is 6.79 Å². The number of amides is 1. The van der Waals surface area contributed by atoms with Crippen molar-refractivity contribution in [3.05, 3.63) is 18.2 Å². The normalized spacial score (nSPS) is 24.3. The van der Waals surface area contributed by atoms with Crippen LogP contribution in [-0.4, -0.2) is 69.1 Å². The van der Waals surface area contributed by atoms with Crippen LogP contribution in [-0.2, 0) is 9.53 Å². The highest BCUT2D eigenvalue weighted by Gasteiger charge is 2.31. The summed E-state index contributed by atoms with van der Waals surface area (Å²) in [4.78, 5) is 17.3. The molecule has 1 amide bonds. The van der Waals surface area contributed by atoms with E-state index in [0.29, 0.717) is 12.8 Å². The highest BCUT2D eigenvalue weighted by atomic mass is 16.7. The summed E-state index contributed by atoms with van der Waals surface area (Å²) in [6, 6.07) is 6.44. The molecule has 4 rings (SSSR count). The molecule has 1 aromatic rings. The van der Waals surface area contributed by atoms with Crippen molar-refractivity contribution in [1.29, 1.82) is 0 Å². The van der Waals surface area contributed by atoms with Gasteiger partial charge in [-0.1, -0.05) is 6.07 Å². The molecule has 1 aromatic carbocycles. The number of hydrogen-bond acceptors (Lipinski definition) is 6. The standard InChI is InChI=1S/C24H37N3O4/c1-24(2,29-3)23(28)25-19-9-7-18(8-10-19)11-12-26-13-15-27(16-14-26)20-5-4-6-21-22(20)31-17-30-21/h4-6,18-19H,7-17H2,1-3H3,(H,25,28). The van der Waals surface area contributed by atoms with Crippen LogP contribution in [0.15, 0.2) is 18.2 Å². The number of nitrogens with zero attached hydrogens (tertiary/aromatic N) is 2. The predicted molar refractivity (Wildman–Crippen MR) is 121 cm³/mol. The number of hydrogen-bond donors (Lipinski definition) is 1. The highest BCUT2D eigenvalue weighted by molar-refractivity contribution is 5.84. The molecule has 0 atom stereocenters. The third-order valence-electron chi connectivity index (χ3n) is 7.18. The first-order valence-corrected chi connectivity index (χ1v) is 11.7. The molecule has 7 nitrogen and oxygen atoms in total. The van der Waals surface area contributed by atoms with E-state index in [-0.39, 0.29) is 5.91 Å². The van der Waals surface area contributed by atoms with Gasteiger partial charge < -0.3 is 24.4 Å². The minimum Gasteiger partial charge on any atom is -0.454 e. The molecule has 1 N–H and O–H groups in total. The monoisotopic (exact) mass is 431 g/mol. The molecule has 1 saturated heterocycles. The molecule has 31 heavy (non-hydrogen) atoms. The maximum atomic E-state index is 12.3. The number of nitrogens with one attached hydrogen (secondary N) is 1. The minimum atomic E-state index is -0.752. The summed E-state index contributed by atoms with van der Waals surface area (Å²) in [5.41, 5.74) is 0.407. The van der Waals surface area contributed by atoms with Crippen LogP contribution in [0.25, 0.3) is 0 Å². The van der Waals surface area contributed by atoms with Crippen LogP contribution in [0.1, 0.15) is 46.0 Å². The smallest absolute Gasteiger partial charge is 0.251 e. The molecule has 2 aliphatic heterocycles. The van der Waals surface area contributed by atoms with E-state index < -0.39 is 5.60 Å². The third-order valence-corrected chi connectivity index (χ3v) is 7.18. The number of benzene rings is 1. The zero-order chi connectivity index (χ0) is 21.8. The van der Waals surface area contributed by atoms with Crippen LogP contribution in [0.3, 0.4) is 0 Å². The first-order valence-electron chi connectivity index (χ1n) is 11.7. The van der Waals surface area contributed by atoms with Crippen molar-refractivity contribution < 1.29 is 19.0 Å². The van der Waals surface area contributed by atoms with Gasteiger partial charge in [-0.2, -0.15) is 0 Å². The Labute approximate surface area is 186 Å². The molecular weight excluding hydrogens is 394 g/mol. The number of para-hydroxylation sites is 1. The van der Waals surface area contributed by atoms with E-state index >= 15 is 0 Å². The minimum absolute atomic E-state index is 0.00246. The molecule has 3 aliphatic rings. The number of ether oxygens (including phenoxy) is 3. The van der Waals surface area contributed by atoms with Crippen LogP contribution in [0.4, 0.5) is 5.69 Å². The van der Waals surface area contributed by atoms with E-state index in [1.807, 2.05) is 26.0 Å². The van der Waals surface area contributed by atoms with E-state index in [1.54, 1.807) is 7.11 Å². The second-order valence-electron chi connectivity index (χ2n) is 9.53. The summed E-state index contributed by atoms with van der Waals surface area (Å²) in [5, 5.41) is 3.18. The lowest BCUT2D eigenvalue weighted by Gasteiger charge is -2.37. The lowest BCUT2D eigenvalue weighted by Crippen LogP contribution is -2.49. The summed E-state index contributed by atoms with van der Waals surface area (Å²) in [6.45, 7) is 9.34. The van der Waals surface area contributed by atoms with E-state index in [1.165, 1.54) is 25.8 Å². The van der Waals surface area contributed by atoms with Gasteiger partial charge in [-0.05, 0) is 70.5 Å². The van der Waals surface area contributed by atoms with Crippen LogP contribution < -0.4 is 19.7 Å². The Morgan fingerprint density at radius 2 is 1.87 bits per heavy atom. The van der Waals surface area contributed by atoms with Gasteiger partial charge in [-0.3, -0.25) is 9.69 Å². The topological polar surface area (TPSA) is 63.3 Å². The lowest BCUT2D eigenvalue weighted by atomic mass is 9.83. The van der Waals surface area contributed by atoms with Gasteiger partial charge in [0.05, 0.1) is 5.69 Å². The van der Waals surface area contributed by atoms with Crippen molar-refractivity contribution in [2.45, 2.75) is 57.6 Å². The molecule has 0 bridgehead atoms. The van der Waals surface area contributed by atoms with Crippen LogP contribution in [0.2, 0.25) is 0 Å². The molecule has 2 heterocycles. The molecule has 0 aromatic heterocycles. The molecule has 7 heteroatoms. The second kappa shape index (κ2) is 9.65. The SMILES string of the molecule is COC(C)(C)C(=O)NC1CCC(CCN2CCN(c3cccc4c3OCO4)CC2)CC1. The fraction of sp³-hybridized carbons (Fsp3) is 0.708. The first-order chi connectivity index (χ1) is 15.0. The predicted octanol–water partition coefficient (Wildman–Crippen LogP) is 3.03. The maximum absolute atomic E-state index is 12.3. The van der Waals surface area contributed by atoms with Crippen LogP contribution in [0.5, 0.6) is 11.5 Å². The fourth-order valence-electron chi connectivity index (χ4n) is 4.79. The molecule has 2 fully saturated rings. The van der Waals surface area contributed by atoms with Crippen molar-refractivity contribution in [3.8, 4) is 11.5 Å². The molecule has 1 saturated carbocycles. The van der Waals surface area contributed by atoms with Gasteiger partial charge in [0.25, 0.3) is 5.91 Å². The van der Waals surface area contributed by atoms with Gasteiger partial charge in [0, 0.05) is 39.3 Å². The number of rotatable bonds is 7. The molecule has 0 unspecified atom stereocenters. The molecule has 1 aliphatic carbocycles. The third kappa shape index (κ3) is 5.26. The average Bonchev–Trinajstić information content (AvgIpc) is 3.28. The maximum Gasteiger partial charge on any atom is 0.251 e. The Bertz CT molecular complexity index is 753. The zero-order valence-corrected chi connectivity index (χ0v) is 19.2. The summed E-state index contributed by atoms with van der Waals surface area (Å²) in [5.74, 6) is 2.52. The largest absolute Gasteiger partial charge is 0.454 e. The van der Waals surface area contributed by atoms with Gasteiger partial charge >= 0.3 is 0 Å². The van der Waals surface area contributed by atoms with E-state index in [0.717, 1.165) is 62.1 Å². The van der Waals surface area contributed by atoms with Crippen LogP contribution in [0, 0.1) is 5.92 Å². The number of piperazine rings is 1. The Morgan fingerprint density at radius 3 is 2.58 bits per heavy atom. The number of anilines is 1. The summed E-state index contributed by atoms with van der Waals surface area (Å²) < 4.78 is 16.5. The summed E-state index contributed by atoms with van der Waals surface area (Å²) in [7, 11) is 1.59. The molecule has 172 valence electrons. The van der Waals surface area contributed by atoms with Crippen molar-refractivity contribution in [2.75, 3.05) is 51.5 Å². The van der Waals surface area contributed by atoms with Gasteiger partial charge in [0.1, 0.15) is 5.60 Å². The summed E-state index contributed by atoms with van der Waals surface area (Å²) >= 11 is 0. The van der Waals surface area contributed by atoms with Crippen LogP contribution >= 0.6 is 0 Å². The Balaban J connectivity index is 1.16. The number of carbonyl (C=O) groups excluding carboxylic acids is 1. The fourth-order valence-corrected chi connectivity index (χ4v) is 4.79. The van der Waals surface area contributed by atoms with Gasteiger partial charge in [0.15, 0.2) is 11.5 Å².